The van der Waals surface area contributed by atoms with Gasteiger partial charge in [0.15, 0.2) is 0 Å². The molecule has 1 aromatic heterocycles. The molecule has 0 bridgehead atoms. The summed E-state index contributed by atoms with van der Waals surface area (Å²) in [6, 6.07) is 3.78. The van der Waals surface area contributed by atoms with Gasteiger partial charge in [-0.3, -0.25) is 9.59 Å². The first-order valence-electron chi connectivity index (χ1n) is 8.48. The molecule has 0 spiro atoms. The summed E-state index contributed by atoms with van der Waals surface area (Å²) in [5.41, 5.74) is 0. The quantitative estimate of drug-likeness (QED) is 0.760. The van der Waals surface area contributed by atoms with Crippen molar-refractivity contribution in [1.82, 2.24) is 9.80 Å². The first kappa shape index (κ1) is 17.0. The van der Waals surface area contributed by atoms with Crippen LogP contribution in [-0.4, -0.2) is 47.8 Å². The summed E-state index contributed by atoms with van der Waals surface area (Å²) >= 11 is 4.87. The Morgan fingerprint density at radius 1 is 0.957 bits per heavy atom. The van der Waals surface area contributed by atoms with Crippen LogP contribution >= 0.6 is 27.3 Å². The second-order valence-electron chi connectivity index (χ2n) is 6.41. The molecule has 2 fully saturated rings. The fourth-order valence-electron chi connectivity index (χ4n) is 3.46. The zero-order chi connectivity index (χ0) is 16.2. The standard InChI is InChI=1S/C17H23BrN2O2S/c18-15-6-5-14(23-15)17(22)20-11-7-13(8-12-20)16(21)19-9-3-1-2-4-10-19/h5-6,13H,1-4,7-12H2. The van der Waals surface area contributed by atoms with Crippen LogP contribution in [0.25, 0.3) is 0 Å². The zero-order valence-corrected chi connectivity index (χ0v) is 15.7. The lowest BCUT2D eigenvalue weighted by Gasteiger charge is -2.33. The number of hydrogen-bond acceptors (Lipinski definition) is 3. The van der Waals surface area contributed by atoms with Gasteiger partial charge < -0.3 is 9.80 Å². The Kier molecular flexibility index (Phi) is 5.75. The number of thiophene rings is 1. The van der Waals surface area contributed by atoms with Crippen LogP contribution in [0, 0.1) is 5.92 Å². The molecule has 23 heavy (non-hydrogen) atoms. The van der Waals surface area contributed by atoms with Gasteiger partial charge in [0.2, 0.25) is 5.91 Å². The molecule has 2 aliphatic rings. The lowest BCUT2D eigenvalue weighted by molar-refractivity contribution is -0.136. The number of rotatable bonds is 2. The van der Waals surface area contributed by atoms with E-state index < -0.39 is 0 Å². The van der Waals surface area contributed by atoms with E-state index in [0.717, 1.165) is 47.4 Å². The van der Waals surface area contributed by atoms with Gasteiger partial charge in [0.1, 0.15) is 0 Å². The van der Waals surface area contributed by atoms with Gasteiger partial charge in [0.25, 0.3) is 5.91 Å². The molecule has 3 heterocycles. The van der Waals surface area contributed by atoms with Crippen molar-refractivity contribution in [2.24, 2.45) is 5.92 Å². The van der Waals surface area contributed by atoms with Gasteiger partial charge in [0, 0.05) is 32.1 Å². The summed E-state index contributed by atoms with van der Waals surface area (Å²) in [4.78, 5) is 29.9. The van der Waals surface area contributed by atoms with Crippen LogP contribution in [-0.2, 0) is 4.79 Å². The van der Waals surface area contributed by atoms with E-state index in [9.17, 15) is 9.59 Å². The first-order chi connectivity index (χ1) is 11.1. The minimum atomic E-state index is 0.0985. The van der Waals surface area contributed by atoms with Crippen molar-refractivity contribution >= 4 is 39.1 Å². The van der Waals surface area contributed by atoms with E-state index in [2.05, 4.69) is 20.8 Å². The molecule has 0 aliphatic carbocycles. The Hall–Kier alpha value is -0.880. The van der Waals surface area contributed by atoms with Crippen LogP contribution in [0.2, 0.25) is 0 Å². The van der Waals surface area contributed by atoms with Gasteiger partial charge in [0.05, 0.1) is 8.66 Å². The number of halogens is 1. The average molecular weight is 399 g/mol. The van der Waals surface area contributed by atoms with E-state index in [1.165, 1.54) is 24.2 Å². The highest BCUT2D eigenvalue weighted by molar-refractivity contribution is 9.11. The lowest BCUT2D eigenvalue weighted by Crippen LogP contribution is -2.44. The minimum Gasteiger partial charge on any atom is -0.342 e. The maximum absolute atomic E-state index is 12.7. The van der Waals surface area contributed by atoms with E-state index >= 15 is 0 Å². The molecule has 0 atom stereocenters. The molecular weight excluding hydrogens is 376 g/mol. The highest BCUT2D eigenvalue weighted by atomic mass is 79.9. The lowest BCUT2D eigenvalue weighted by atomic mass is 9.95. The second kappa shape index (κ2) is 7.79. The SMILES string of the molecule is O=C(c1ccc(Br)s1)N1CCC(C(=O)N2CCCCCC2)CC1. The highest BCUT2D eigenvalue weighted by Gasteiger charge is 2.31. The number of nitrogens with zero attached hydrogens (tertiary/aromatic N) is 2. The van der Waals surface area contributed by atoms with Crippen LogP contribution in [0.5, 0.6) is 0 Å². The van der Waals surface area contributed by atoms with Crippen molar-refractivity contribution in [3.8, 4) is 0 Å². The van der Waals surface area contributed by atoms with Crippen molar-refractivity contribution in [1.29, 1.82) is 0 Å². The molecule has 6 heteroatoms. The number of carbonyl (C=O) groups excluding carboxylic acids is 2. The van der Waals surface area contributed by atoms with Gasteiger partial charge >= 0.3 is 0 Å². The third-order valence-electron chi connectivity index (χ3n) is 4.83. The van der Waals surface area contributed by atoms with Gasteiger partial charge in [-0.15, -0.1) is 11.3 Å². The molecule has 2 aliphatic heterocycles. The molecule has 2 amide bonds. The Morgan fingerprint density at radius 3 is 2.17 bits per heavy atom. The fraction of sp³-hybridized carbons (Fsp3) is 0.647. The maximum atomic E-state index is 12.7. The van der Waals surface area contributed by atoms with E-state index in [4.69, 9.17) is 0 Å². The smallest absolute Gasteiger partial charge is 0.263 e. The van der Waals surface area contributed by atoms with Crippen LogP contribution in [0.15, 0.2) is 15.9 Å². The topological polar surface area (TPSA) is 40.6 Å². The highest BCUT2D eigenvalue weighted by Crippen LogP contribution is 2.26. The molecule has 0 radical (unpaired) electrons. The van der Waals surface area contributed by atoms with Gasteiger partial charge in [-0.1, -0.05) is 12.8 Å². The summed E-state index contributed by atoms with van der Waals surface area (Å²) in [7, 11) is 0. The first-order valence-corrected chi connectivity index (χ1v) is 10.1. The maximum Gasteiger partial charge on any atom is 0.263 e. The molecule has 0 unspecified atom stereocenters. The van der Waals surface area contributed by atoms with Crippen molar-refractivity contribution in [2.75, 3.05) is 26.2 Å². The molecule has 0 N–H and O–H groups in total. The number of carbonyl (C=O) groups is 2. The van der Waals surface area contributed by atoms with E-state index in [1.54, 1.807) is 0 Å². The average Bonchev–Trinajstić information content (AvgIpc) is 2.84. The number of likely N-dealkylation sites (tertiary alicyclic amines) is 2. The third kappa shape index (κ3) is 4.15. The van der Waals surface area contributed by atoms with E-state index in [-0.39, 0.29) is 11.8 Å². The molecule has 126 valence electrons. The molecule has 0 saturated carbocycles. The van der Waals surface area contributed by atoms with Crippen molar-refractivity contribution in [2.45, 2.75) is 38.5 Å². The summed E-state index contributed by atoms with van der Waals surface area (Å²) in [6.45, 7) is 3.22. The predicted octanol–water partition coefficient (Wildman–Crippen LogP) is 3.77. The summed E-state index contributed by atoms with van der Waals surface area (Å²) < 4.78 is 0.979. The molecule has 1 aromatic rings. The summed E-state index contributed by atoms with van der Waals surface area (Å²) in [5.74, 6) is 0.520. The van der Waals surface area contributed by atoms with Crippen LogP contribution in [0.3, 0.4) is 0 Å². The Labute approximate surface area is 150 Å². The number of piperidine rings is 1. The largest absolute Gasteiger partial charge is 0.342 e. The fourth-order valence-corrected chi connectivity index (χ4v) is 4.82. The molecule has 2 saturated heterocycles. The van der Waals surface area contributed by atoms with Crippen molar-refractivity contribution in [3.05, 3.63) is 20.8 Å². The van der Waals surface area contributed by atoms with E-state index in [1.807, 2.05) is 17.0 Å². The molecule has 0 aromatic carbocycles. The summed E-state index contributed by atoms with van der Waals surface area (Å²) in [5, 5.41) is 0. The van der Waals surface area contributed by atoms with Crippen molar-refractivity contribution in [3.63, 3.8) is 0 Å². The normalized spacial score (nSPS) is 20.4. The molecule has 3 rings (SSSR count). The van der Waals surface area contributed by atoms with Gasteiger partial charge in [-0.25, -0.2) is 0 Å². The Bertz CT molecular complexity index is 559. The molecular formula is C17H23BrN2O2S. The third-order valence-corrected chi connectivity index (χ3v) is 6.44. The number of amides is 2. The van der Waals surface area contributed by atoms with Gasteiger partial charge in [-0.2, -0.15) is 0 Å². The zero-order valence-electron chi connectivity index (χ0n) is 13.3. The Balaban J connectivity index is 1.53. The second-order valence-corrected chi connectivity index (χ2v) is 8.87. The van der Waals surface area contributed by atoms with E-state index in [0.29, 0.717) is 19.0 Å². The number of hydrogen-bond donors (Lipinski definition) is 0. The molecule has 4 nitrogen and oxygen atoms in total. The Morgan fingerprint density at radius 2 is 1.61 bits per heavy atom. The monoisotopic (exact) mass is 398 g/mol. The van der Waals surface area contributed by atoms with Crippen LogP contribution in [0.4, 0.5) is 0 Å². The van der Waals surface area contributed by atoms with Gasteiger partial charge in [-0.05, 0) is 53.7 Å². The predicted molar refractivity (Wildman–Crippen MR) is 95.7 cm³/mol. The van der Waals surface area contributed by atoms with Crippen LogP contribution in [0.1, 0.15) is 48.2 Å². The van der Waals surface area contributed by atoms with Crippen LogP contribution < -0.4 is 0 Å². The van der Waals surface area contributed by atoms with Crippen molar-refractivity contribution < 1.29 is 9.59 Å². The minimum absolute atomic E-state index is 0.0985. The summed E-state index contributed by atoms with van der Waals surface area (Å²) in [6.07, 6.45) is 6.36.